The molecule has 1 aliphatic carbocycles. The van der Waals surface area contributed by atoms with E-state index in [0.717, 1.165) is 24.0 Å². The van der Waals surface area contributed by atoms with Gasteiger partial charge in [0.1, 0.15) is 18.4 Å². The van der Waals surface area contributed by atoms with E-state index in [9.17, 15) is 27.6 Å². The van der Waals surface area contributed by atoms with E-state index >= 15 is 0 Å². The number of allylic oxidation sites excluding steroid dienone is 1. The summed E-state index contributed by atoms with van der Waals surface area (Å²) >= 11 is 0. The Morgan fingerprint density at radius 3 is 2.82 bits per heavy atom. The third-order valence-corrected chi connectivity index (χ3v) is 5.24. The first kappa shape index (κ1) is 24.4. The molecule has 2 heterocycles. The highest BCUT2D eigenvalue weighted by atomic mass is 19.3. The number of nitrogens with one attached hydrogen (secondary N) is 1. The number of nitrogens with zero attached hydrogens (tertiary/aromatic N) is 2. The summed E-state index contributed by atoms with van der Waals surface area (Å²) in [6.45, 7) is -0.682. The fraction of sp³-hybridized carbons (Fsp3) is 0.500. The fourth-order valence-electron chi connectivity index (χ4n) is 3.46. The lowest BCUT2D eigenvalue weighted by Gasteiger charge is -2.24. The average Bonchev–Trinajstić information content (AvgIpc) is 3.19. The molecule has 2 aliphatic rings. The number of aromatic nitrogens is 1. The van der Waals surface area contributed by atoms with Gasteiger partial charge in [-0.25, -0.2) is 13.2 Å². The maximum Gasteiger partial charge on any atom is 0.308 e. The first-order valence-corrected chi connectivity index (χ1v) is 10.4. The molecule has 33 heavy (non-hydrogen) atoms. The molecule has 1 aromatic heterocycles. The van der Waals surface area contributed by atoms with Crippen molar-refractivity contribution in [2.45, 2.75) is 57.1 Å². The molecule has 1 aliphatic heterocycles. The van der Waals surface area contributed by atoms with Crippen molar-refractivity contribution in [2.24, 2.45) is 5.16 Å². The Kier molecular flexibility index (Phi) is 7.19. The van der Waals surface area contributed by atoms with E-state index in [-0.39, 0.29) is 6.42 Å². The minimum absolute atomic E-state index is 0.0131. The van der Waals surface area contributed by atoms with Gasteiger partial charge in [-0.05, 0) is 31.4 Å². The van der Waals surface area contributed by atoms with E-state index in [1.54, 1.807) is 6.20 Å². The number of alkyl halides is 3. The monoisotopic (exact) mass is 467 g/mol. The van der Waals surface area contributed by atoms with Crippen molar-refractivity contribution < 1.29 is 37.1 Å². The Bertz CT molecular complexity index is 1010. The van der Waals surface area contributed by atoms with Gasteiger partial charge in [0.25, 0.3) is 11.8 Å². The number of carbonyl (C=O) groups excluding carboxylic acids is 3. The minimum atomic E-state index is -3.27. The standard InChI is InChI=1S/C22H24F3N3O5/c1-21(10-16(28-33-21)19-14-6-4-3-5-13(14)7-8-26-19)20(31)27-15(17(29)11-23)9-18(30)32-12-22(2,24)25/h4,6-8,15H,3,5,9-12H2,1-2H3,(H,27,31)/t15-,21?/m0/s1. The molecule has 0 bridgehead atoms. The molecule has 3 rings (SSSR count). The molecule has 1 aromatic rings. The van der Waals surface area contributed by atoms with Crippen LogP contribution in [-0.2, 0) is 30.4 Å². The summed E-state index contributed by atoms with van der Waals surface area (Å²) in [6, 6.07) is 0.307. The Hall–Kier alpha value is -3.24. The number of carbonyl (C=O) groups is 3. The SMILES string of the molecule is CC(F)(F)COC(=O)C[C@H](NC(=O)C1(C)CC(c2nccc3c2C=CCC3)=NO1)C(=O)CF. The van der Waals surface area contributed by atoms with Crippen LogP contribution in [-0.4, -0.2) is 59.2 Å². The number of oxime groups is 1. The van der Waals surface area contributed by atoms with Gasteiger partial charge in [-0.3, -0.25) is 19.4 Å². The van der Waals surface area contributed by atoms with E-state index in [0.29, 0.717) is 18.3 Å². The van der Waals surface area contributed by atoms with Crippen LogP contribution in [0.5, 0.6) is 0 Å². The number of amides is 1. The second-order valence-electron chi connectivity index (χ2n) is 8.27. The second-order valence-corrected chi connectivity index (χ2v) is 8.27. The molecule has 0 fully saturated rings. The number of Topliss-reactive ketones (excluding diaryl/α,β-unsaturated/α-hetero) is 1. The largest absolute Gasteiger partial charge is 0.459 e. The molecule has 1 amide bonds. The van der Waals surface area contributed by atoms with Gasteiger partial charge >= 0.3 is 5.97 Å². The highest BCUT2D eigenvalue weighted by Crippen LogP contribution is 2.30. The van der Waals surface area contributed by atoms with E-state index in [1.807, 2.05) is 18.2 Å². The van der Waals surface area contributed by atoms with E-state index in [1.165, 1.54) is 6.92 Å². The van der Waals surface area contributed by atoms with Crippen LogP contribution in [0.3, 0.4) is 0 Å². The molecule has 1 N–H and O–H groups in total. The van der Waals surface area contributed by atoms with Gasteiger partial charge in [0.05, 0.1) is 12.1 Å². The third kappa shape index (κ3) is 5.96. The van der Waals surface area contributed by atoms with Crippen molar-refractivity contribution in [1.29, 1.82) is 0 Å². The molecule has 178 valence electrons. The van der Waals surface area contributed by atoms with Crippen LogP contribution >= 0.6 is 0 Å². The molecule has 2 atom stereocenters. The lowest BCUT2D eigenvalue weighted by molar-refractivity contribution is -0.156. The molecule has 0 spiro atoms. The average molecular weight is 467 g/mol. The number of rotatable bonds is 9. The van der Waals surface area contributed by atoms with Gasteiger partial charge in [-0.2, -0.15) is 0 Å². The molecule has 0 saturated carbocycles. The van der Waals surface area contributed by atoms with Crippen LogP contribution in [0, 0.1) is 0 Å². The van der Waals surface area contributed by atoms with Crippen molar-refractivity contribution >= 4 is 29.4 Å². The van der Waals surface area contributed by atoms with Gasteiger partial charge in [0, 0.05) is 25.1 Å². The van der Waals surface area contributed by atoms with Gasteiger partial charge in [0.2, 0.25) is 5.60 Å². The lowest BCUT2D eigenvalue weighted by Crippen LogP contribution is -2.52. The summed E-state index contributed by atoms with van der Waals surface area (Å²) in [5.74, 6) is -6.36. The maximum atomic E-state index is 13.0. The van der Waals surface area contributed by atoms with Gasteiger partial charge < -0.3 is 14.9 Å². The van der Waals surface area contributed by atoms with Crippen molar-refractivity contribution in [3.05, 3.63) is 35.2 Å². The summed E-state index contributed by atoms with van der Waals surface area (Å²) in [6.07, 6.45) is 6.55. The topological polar surface area (TPSA) is 107 Å². The van der Waals surface area contributed by atoms with Crippen molar-refractivity contribution in [3.8, 4) is 0 Å². The number of fused-ring (bicyclic) bond motifs is 1. The van der Waals surface area contributed by atoms with Gasteiger partial charge in [-0.1, -0.05) is 17.3 Å². The van der Waals surface area contributed by atoms with E-state index in [4.69, 9.17) is 4.84 Å². The molecule has 1 unspecified atom stereocenters. The molecule has 0 radical (unpaired) electrons. The van der Waals surface area contributed by atoms with Gasteiger partial charge in [0.15, 0.2) is 12.4 Å². The predicted molar refractivity (Wildman–Crippen MR) is 111 cm³/mol. The molecule has 8 nitrogen and oxygen atoms in total. The summed E-state index contributed by atoms with van der Waals surface area (Å²) in [5, 5.41) is 6.27. The first-order chi connectivity index (χ1) is 15.5. The Balaban J connectivity index is 1.68. The van der Waals surface area contributed by atoms with Crippen LogP contribution in [0.2, 0.25) is 0 Å². The smallest absolute Gasteiger partial charge is 0.308 e. The first-order valence-electron chi connectivity index (χ1n) is 10.4. The molecule has 0 aromatic carbocycles. The highest BCUT2D eigenvalue weighted by molar-refractivity contribution is 6.07. The van der Waals surface area contributed by atoms with Crippen LogP contribution in [0.1, 0.15) is 49.9 Å². The van der Waals surface area contributed by atoms with Crippen molar-refractivity contribution in [2.75, 3.05) is 13.3 Å². The number of halogens is 3. The number of hydrogen-bond donors (Lipinski definition) is 1. The van der Waals surface area contributed by atoms with E-state index in [2.05, 4.69) is 20.2 Å². The summed E-state index contributed by atoms with van der Waals surface area (Å²) < 4.78 is 43.2. The number of aryl methyl sites for hydroxylation is 1. The second kappa shape index (κ2) is 9.72. The summed E-state index contributed by atoms with van der Waals surface area (Å²) in [4.78, 5) is 46.3. The fourth-order valence-corrected chi connectivity index (χ4v) is 3.46. The Labute approximate surface area is 188 Å². The minimum Gasteiger partial charge on any atom is -0.459 e. The van der Waals surface area contributed by atoms with Crippen LogP contribution in [0.4, 0.5) is 13.2 Å². The molecular formula is C22H24F3N3O5. The van der Waals surface area contributed by atoms with E-state index < -0.39 is 54.9 Å². The van der Waals surface area contributed by atoms with Gasteiger partial charge in [-0.15, -0.1) is 0 Å². The Morgan fingerprint density at radius 2 is 2.12 bits per heavy atom. The number of hydrogen-bond acceptors (Lipinski definition) is 7. The number of esters is 1. The van der Waals surface area contributed by atoms with Crippen LogP contribution in [0.25, 0.3) is 6.08 Å². The van der Waals surface area contributed by atoms with Crippen LogP contribution < -0.4 is 5.32 Å². The molecular weight excluding hydrogens is 443 g/mol. The number of ether oxygens (including phenoxy) is 1. The third-order valence-electron chi connectivity index (χ3n) is 5.24. The molecule has 11 heteroatoms. The predicted octanol–water partition coefficient (Wildman–Crippen LogP) is 2.54. The van der Waals surface area contributed by atoms with Crippen molar-refractivity contribution in [1.82, 2.24) is 10.3 Å². The zero-order valence-corrected chi connectivity index (χ0v) is 18.2. The summed E-state index contributed by atoms with van der Waals surface area (Å²) in [5.41, 5.74) is 1.42. The maximum absolute atomic E-state index is 13.0. The highest BCUT2D eigenvalue weighted by Gasteiger charge is 2.44. The Morgan fingerprint density at radius 1 is 1.36 bits per heavy atom. The summed E-state index contributed by atoms with van der Waals surface area (Å²) in [7, 11) is 0. The number of ketones is 1. The number of pyridine rings is 1. The zero-order valence-electron chi connectivity index (χ0n) is 18.2. The zero-order chi connectivity index (χ0) is 24.2. The van der Waals surface area contributed by atoms with Crippen molar-refractivity contribution in [3.63, 3.8) is 0 Å². The molecule has 0 saturated heterocycles. The normalized spacial score (nSPS) is 20.3. The lowest BCUT2D eigenvalue weighted by atomic mass is 9.91. The van der Waals surface area contributed by atoms with Crippen LogP contribution in [0.15, 0.2) is 23.5 Å². The quantitative estimate of drug-likeness (QED) is 0.560.